The van der Waals surface area contributed by atoms with E-state index in [1.54, 1.807) is 37.3 Å². The van der Waals surface area contributed by atoms with Crippen molar-refractivity contribution in [2.75, 3.05) is 4.72 Å². The Morgan fingerprint density at radius 1 is 1.19 bits per heavy atom. The van der Waals surface area contributed by atoms with Crippen LogP contribution in [0.15, 0.2) is 47.4 Å². The molecule has 0 unspecified atom stereocenters. The van der Waals surface area contributed by atoms with Crippen molar-refractivity contribution in [3.63, 3.8) is 0 Å². The first-order valence-electron chi connectivity index (χ1n) is 6.05. The molecule has 21 heavy (non-hydrogen) atoms. The van der Waals surface area contributed by atoms with Gasteiger partial charge in [-0.05, 0) is 36.8 Å². The minimum atomic E-state index is -3.82. The van der Waals surface area contributed by atoms with Crippen molar-refractivity contribution in [2.24, 2.45) is 0 Å². The molecule has 0 aliphatic heterocycles. The van der Waals surface area contributed by atoms with Crippen molar-refractivity contribution >= 4 is 22.0 Å². The molecule has 0 saturated heterocycles. The molecular formula is C15H12N2O3S. The van der Waals surface area contributed by atoms with E-state index in [9.17, 15) is 13.2 Å². The highest BCUT2D eigenvalue weighted by Gasteiger charge is 2.17. The maximum absolute atomic E-state index is 12.4. The summed E-state index contributed by atoms with van der Waals surface area (Å²) in [5.74, 6) is 0. The molecule has 0 aromatic heterocycles. The van der Waals surface area contributed by atoms with Crippen molar-refractivity contribution in [2.45, 2.75) is 11.8 Å². The highest BCUT2D eigenvalue weighted by Crippen LogP contribution is 2.21. The molecule has 1 N–H and O–H groups in total. The molecule has 2 aromatic rings. The summed E-state index contributed by atoms with van der Waals surface area (Å²) in [6, 6.07) is 12.5. The van der Waals surface area contributed by atoms with Gasteiger partial charge in [0.2, 0.25) is 0 Å². The highest BCUT2D eigenvalue weighted by atomic mass is 32.2. The van der Waals surface area contributed by atoms with Gasteiger partial charge in [-0.25, -0.2) is 8.42 Å². The summed E-state index contributed by atoms with van der Waals surface area (Å²) in [7, 11) is -3.82. The minimum absolute atomic E-state index is 0.0399. The Balaban J connectivity index is 2.43. The summed E-state index contributed by atoms with van der Waals surface area (Å²) in [5.41, 5.74) is 1.47. The molecule has 2 rings (SSSR count). The van der Waals surface area contributed by atoms with Gasteiger partial charge >= 0.3 is 0 Å². The third-order valence-electron chi connectivity index (χ3n) is 2.88. The van der Waals surface area contributed by atoms with Gasteiger partial charge in [-0.3, -0.25) is 9.52 Å². The van der Waals surface area contributed by atoms with E-state index in [0.717, 1.165) is 0 Å². The Bertz CT molecular complexity index is 836. The van der Waals surface area contributed by atoms with Crippen LogP contribution in [0, 0.1) is 18.3 Å². The SMILES string of the molecule is Cc1ccc(C#N)cc1S(=O)(=O)Nc1cccc(C=O)c1. The van der Waals surface area contributed by atoms with E-state index in [2.05, 4.69) is 4.72 Å². The average Bonchev–Trinajstić information content (AvgIpc) is 2.47. The molecular weight excluding hydrogens is 288 g/mol. The van der Waals surface area contributed by atoms with Crippen molar-refractivity contribution in [1.82, 2.24) is 0 Å². The quantitative estimate of drug-likeness (QED) is 0.879. The lowest BCUT2D eigenvalue weighted by Crippen LogP contribution is -2.14. The predicted molar refractivity (Wildman–Crippen MR) is 78.5 cm³/mol. The summed E-state index contributed by atoms with van der Waals surface area (Å²) in [6.07, 6.45) is 0.638. The van der Waals surface area contributed by atoms with Crippen molar-refractivity contribution < 1.29 is 13.2 Å². The van der Waals surface area contributed by atoms with Gasteiger partial charge in [0.15, 0.2) is 0 Å². The zero-order valence-corrected chi connectivity index (χ0v) is 12.0. The molecule has 6 heteroatoms. The van der Waals surface area contributed by atoms with Crippen LogP contribution in [0.3, 0.4) is 0 Å². The Labute approximate surface area is 122 Å². The normalized spacial score (nSPS) is 10.7. The van der Waals surface area contributed by atoms with Gasteiger partial charge in [-0.2, -0.15) is 5.26 Å². The van der Waals surface area contributed by atoms with E-state index in [4.69, 9.17) is 5.26 Å². The smallest absolute Gasteiger partial charge is 0.262 e. The van der Waals surface area contributed by atoms with Crippen LogP contribution in [0.5, 0.6) is 0 Å². The van der Waals surface area contributed by atoms with Gasteiger partial charge in [0, 0.05) is 11.3 Å². The maximum Gasteiger partial charge on any atom is 0.262 e. The number of anilines is 1. The summed E-state index contributed by atoms with van der Waals surface area (Å²) in [5, 5.41) is 8.87. The molecule has 0 aliphatic rings. The van der Waals surface area contributed by atoms with Crippen molar-refractivity contribution in [1.29, 1.82) is 5.26 Å². The zero-order valence-electron chi connectivity index (χ0n) is 11.2. The second-order valence-corrected chi connectivity index (χ2v) is 6.09. The summed E-state index contributed by atoms with van der Waals surface area (Å²) in [4.78, 5) is 10.8. The number of aldehydes is 1. The summed E-state index contributed by atoms with van der Waals surface area (Å²) in [6.45, 7) is 1.65. The van der Waals surface area contributed by atoms with E-state index in [1.165, 1.54) is 12.1 Å². The number of nitrogens with one attached hydrogen (secondary N) is 1. The fourth-order valence-electron chi connectivity index (χ4n) is 1.84. The van der Waals surface area contributed by atoms with Crippen molar-refractivity contribution in [3.05, 3.63) is 59.2 Å². The molecule has 0 amide bonds. The number of nitriles is 1. The van der Waals surface area contributed by atoms with Crippen LogP contribution < -0.4 is 4.72 Å². The number of carbonyl (C=O) groups excluding carboxylic acids is 1. The topological polar surface area (TPSA) is 87.0 Å². The van der Waals surface area contributed by atoms with Crippen LogP contribution >= 0.6 is 0 Å². The number of sulfonamides is 1. The van der Waals surface area contributed by atoms with Crippen LogP contribution in [-0.2, 0) is 10.0 Å². The number of carbonyl (C=O) groups is 1. The number of benzene rings is 2. The molecule has 0 atom stereocenters. The number of hydrogen-bond acceptors (Lipinski definition) is 4. The molecule has 0 fully saturated rings. The minimum Gasteiger partial charge on any atom is -0.298 e. The van der Waals surface area contributed by atoms with E-state index in [1.807, 2.05) is 6.07 Å². The fourth-order valence-corrected chi connectivity index (χ4v) is 3.17. The molecule has 0 saturated carbocycles. The van der Waals surface area contributed by atoms with Gasteiger partial charge in [0.05, 0.1) is 16.5 Å². The Morgan fingerprint density at radius 2 is 1.95 bits per heavy atom. The monoisotopic (exact) mass is 300 g/mol. The van der Waals surface area contributed by atoms with Crippen LogP contribution in [0.25, 0.3) is 0 Å². The van der Waals surface area contributed by atoms with Crippen LogP contribution in [-0.4, -0.2) is 14.7 Å². The largest absolute Gasteiger partial charge is 0.298 e. The number of nitrogens with zero attached hydrogens (tertiary/aromatic N) is 1. The lowest BCUT2D eigenvalue weighted by molar-refractivity contribution is 0.112. The third-order valence-corrected chi connectivity index (χ3v) is 4.40. The first-order valence-corrected chi connectivity index (χ1v) is 7.53. The number of rotatable bonds is 4. The van der Waals surface area contributed by atoms with Crippen molar-refractivity contribution in [3.8, 4) is 6.07 Å². The lowest BCUT2D eigenvalue weighted by atomic mass is 10.2. The maximum atomic E-state index is 12.4. The molecule has 0 aliphatic carbocycles. The van der Waals surface area contributed by atoms with Gasteiger partial charge in [0.25, 0.3) is 10.0 Å². The second kappa shape index (κ2) is 5.77. The van der Waals surface area contributed by atoms with E-state index in [-0.39, 0.29) is 10.5 Å². The molecule has 106 valence electrons. The molecule has 2 aromatic carbocycles. The molecule has 0 bridgehead atoms. The van der Waals surface area contributed by atoms with Gasteiger partial charge in [-0.15, -0.1) is 0 Å². The summed E-state index contributed by atoms with van der Waals surface area (Å²) >= 11 is 0. The fraction of sp³-hybridized carbons (Fsp3) is 0.0667. The second-order valence-electron chi connectivity index (χ2n) is 4.44. The predicted octanol–water partition coefficient (Wildman–Crippen LogP) is 2.48. The van der Waals surface area contributed by atoms with E-state index < -0.39 is 10.0 Å². The Morgan fingerprint density at radius 3 is 2.62 bits per heavy atom. The Hall–Kier alpha value is -2.65. The highest BCUT2D eigenvalue weighted by molar-refractivity contribution is 7.92. The first kappa shape index (κ1) is 14.8. The van der Waals surface area contributed by atoms with Gasteiger partial charge in [-0.1, -0.05) is 18.2 Å². The van der Waals surface area contributed by atoms with Gasteiger partial charge in [0.1, 0.15) is 6.29 Å². The van der Waals surface area contributed by atoms with Crippen LogP contribution in [0.1, 0.15) is 21.5 Å². The standard InChI is InChI=1S/C15H12N2O3S/c1-11-5-6-12(9-16)8-15(11)21(19,20)17-14-4-2-3-13(7-14)10-18/h2-8,10,17H,1H3. The van der Waals surface area contributed by atoms with Crippen LogP contribution in [0.2, 0.25) is 0 Å². The molecule has 0 heterocycles. The number of aryl methyl sites for hydroxylation is 1. The summed E-state index contributed by atoms with van der Waals surface area (Å²) < 4.78 is 27.2. The lowest BCUT2D eigenvalue weighted by Gasteiger charge is -2.11. The van der Waals surface area contributed by atoms with Gasteiger partial charge < -0.3 is 0 Å². The number of hydrogen-bond donors (Lipinski definition) is 1. The molecule has 0 radical (unpaired) electrons. The van der Waals surface area contributed by atoms with E-state index in [0.29, 0.717) is 23.1 Å². The third kappa shape index (κ3) is 3.27. The molecule has 5 nitrogen and oxygen atoms in total. The average molecular weight is 300 g/mol. The van der Waals surface area contributed by atoms with Crippen LogP contribution in [0.4, 0.5) is 5.69 Å². The molecule has 0 spiro atoms. The van der Waals surface area contributed by atoms with E-state index >= 15 is 0 Å². The zero-order chi connectivity index (χ0) is 15.5. The first-order chi connectivity index (χ1) is 9.96. The Kier molecular flexibility index (Phi) is 4.05.